The molecule has 1 amide bonds. The van der Waals surface area contributed by atoms with E-state index in [-0.39, 0.29) is 11.6 Å². The topological polar surface area (TPSA) is 29.1 Å². The highest BCUT2D eigenvalue weighted by molar-refractivity contribution is 5.90. The Morgan fingerprint density at radius 1 is 1.15 bits per heavy atom. The summed E-state index contributed by atoms with van der Waals surface area (Å²) >= 11 is 0. The Morgan fingerprint density at radius 3 is 2.50 bits per heavy atom. The molecule has 112 valence electrons. The van der Waals surface area contributed by atoms with Gasteiger partial charge in [-0.1, -0.05) is 38.7 Å². The minimum absolute atomic E-state index is 0.193. The van der Waals surface area contributed by atoms with Crippen molar-refractivity contribution in [2.75, 3.05) is 5.32 Å². The average molecular weight is 287 g/mol. The molecule has 1 N–H and O–H groups in total. The Labute approximate surface area is 117 Å². The van der Waals surface area contributed by atoms with Crippen LogP contribution < -0.4 is 5.32 Å². The minimum atomic E-state index is -4.39. The van der Waals surface area contributed by atoms with Gasteiger partial charge in [-0.15, -0.1) is 0 Å². The van der Waals surface area contributed by atoms with Crippen molar-refractivity contribution in [1.82, 2.24) is 0 Å². The molecule has 0 aromatic heterocycles. The summed E-state index contributed by atoms with van der Waals surface area (Å²) in [6, 6.07) is 4.69. The van der Waals surface area contributed by atoms with Gasteiger partial charge in [0, 0.05) is 12.1 Å². The van der Waals surface area contributed by atoms with Crippen LogP contribution in [-0.4, -0.2) is 5.91 Å². The summed E-state index contributed by atoms with van der Waals surface area (Å²) in [5.41, 5.74) is -0.559. The lowest BCUT2D eigenvalue weighted by Gasteiger charge is -2.09. The zero-order chi connectivity index (χ0) is 15.0. The third-order valence-electron chi connectivity index (χ3n) is 2.98. The van der Waals surface area contributed by atoms with Crippen LogP contribution in [0.5, 0.6) is 0 Å². The summed E-state index contributed by atoms with van der Waals surface area (Å²) in [6.07, 6.45) is 1.08. The second-order valence-electron chi connectivity index (χ2n) is 4.79. The zero-order valence-electron chi connectivity index (χ0n) is 11.6. The molecule has 2 nitrogen and oxygen atoms in total. The Morgan fingerprint density at radius 2 is 1.85 bits per heavy atom. The van der Waals surface area contributed by atoms with E-state index in [4.69, 9.17) is 0 Å². The maximum atomic E-state index is 12.5. The van der Waals surface area contributed by atoms with Crippen molar-refractivity contribution in [3.05, 3.63) is 29.8 Å². The molecule has 0 bridgehead atoms. The highest BCUT2D eigenvalue weighted by Gasteiger charge is 2.30. The van der Waals surface area contributed by atoms with E-state index >= 15 is 0 Å². The number of amides is 1. The maximum Gasteiger partial charge on any atom is 0.416 e. The van der Waals surface area contributed by atoms with E-state index in [0.717, 1.165) is 44.2 Å². The van der Waals surface area contributed by atoms with Crippen molar-refractivity contribution in [1.29, 1.82) is 0 Å². The van der Waals surface area contributed by atoms with Gasteiger partial charge in [-0.25, -0.2) is 0 Å². The molecule has 0 radical (unpaired) electrons. The molecule has 1 aromatic carbocycles. The average Bonchev–Trinajstić information content (AvgIpc) is 2.38. The first-order valence-corrected chi connectivity index (χ1v) is 6.90. The monoisotopic (exact) mass is 287 g/mol. The molecule has 0 aliphatic carbocycles. The number of nitrogens with one attached hydrogen (secondary N) is 1. The van der Waals surface area contributed by atoms with Crippen molar-refractivity contribution in [2.24, 2.45) is 0 Å². The molecule has 0 aliphatic heterocycles. The molecule has 0 saturated heterocycles. The first-order valence-electron chi connectivity index (χ1n) is 6.90. The van der Waals surface area contributed by atoms with Crippen LogP contribution in [-0.2, 0) is 11.0 Å². The van der Waals surface area contributed by atoms with E-state index in [2.05, 4.69) is 12.2 Å². The Hall–Kier alpha value is -1.52. The first-order chi connectivity index (χ1) is 9.43. The summed E-state index contributed by atoms with van der Waals surface area (Å²) in [5.74, 6) is -0.235. The molecule has 1 rings (SSSR count). The first kappa shape index (κ1) is 16.5. The number of alkyl halides is 3. The number of carbonyl (C=O) groups is 1. The SMILES string of the molecule is CCCCCCCC(=O)Nc1cccc(C(F)(F)F)c1. The maximum absolute atomic E-state index is 12.5. The van der Waals surface area contributed by atoms with Crippen LogP contribution in [0.15, 0.2) is 24.3 Å². The molecule has 20 heavy (non-hydrogen) atoms. The van der Waals surface area contributed by atoms with Gasteiger partial charge in [0.15, 0.2) is 0 Å². The minimum Gasteiger partial charge on any atom is -0.326 e. The summed E-state index contributed by atoms with van der Waals surface area (Å²) in [5, 5.41) is 2.51. The van der Waals surface area contributed by atoms with Gasteiger partial charge in [-0.05, 0) is 24.6 Å². The van der Waals surface area contributed by atoms with Gasteiger partial charge in [0.05, 0.1) is 5.56 Å². The largest absolute Gasteiger partial charge is 0.416 e. The fourth-order valence-electron chi connectivity index (χ4n) is 1.89. The molecule has 0 spiro atoms. The van der Waals surface area contributed by atoms with Gasteiger partial charge in [-0.3, -0.25) is 4.79 Å². The molecular weight excluding hydrogens is 267 g/mol. The van der Waals surface area contributed by atoms with Crippen LogP contribution in [0.2, 0.25) is 0 Å². The van der Waals surface area contributed by atoms with Crippen LogP contribution in [0.25, 0.3) is 0 Å². The quantitative estimate of drug-likeness (QED) is 0.702. The normalized spacial score (nSPS) is 11.4. The molecule has 0 aliphatic rings. The van der Waals surface area contributed by atoms with Crippen molar-refractivity contribution in [3.63, 3.8) is 0 Å². The van der Waals surface area contributed by atoms with E-state index < -0.39 is 11.7 Å². The second-order valence-corrected chi connectivity index (χ2v) is 4.79. The Balaban J connectivity index is 2.42. The van der Waals surface area contributed by atoms with Crippen LogP contribution in [0, 0.1) is 0 Å². The van der Waals surface area contributed by atoms with Crippen molar-refractivity contribution >= 4 is 11.6 Å². The lowest BCUT2D eigenvalue weighted by Crippen LogP contribution is -2.12. The van der Waals surface area contributed by atoms with E-state index in [1.54, 1.807) is 0 Å². The molecule has 0 unspecified atom stereocenters. The third kappa shape index (κ3) is 6.08. The number of benzene rings is 1. The van der Waals surface area contributed by atoms with E-state index in [0.29, 0.717) is 6.42 Å². The number of anilines is 1. The molecule has 0 fully saturated rings. The second kappa shape index (κ2) is 7.92. The summed E-state index contributed by atoms with van der Waals surface area (Å²) in [7, 11) is 0. The van der Waals surface area contributed by atoms with E-state index in [9.17, 15) is 18.0 Å². The van der Waals surface area contributed by atoms with Crippen LogP contribution in [0.3, 0.4) is 0 Å². The predicted molar refractivity (Wildman–Crippen MR) is 73.4 cm³/mol. The number of halogens is 3. The van der Waals surface area contributed by atoms with Crippen molar-refractivity contribution in [2.45, 2.75) is 51.6 Å². The summed E-state index contributed by atoms with van der Waals surface area (Å²) in [4.78, 5) is 11.6. The van der Waals surface area contributed by atoms with Gasteiger partial charge >= 0.3 is 6.18 Å². The van der Waals surface area contributed by atoms with Crippen LogP contribution >= 0.6 is 0 Å². The van der Waals surface area contributed by atoms with Gasteiger partial charge in [0.1, 0.15) is 0 Å². The van der Waals surface area contributed by atoms with Crippen molar-refractivity contribution in [3.8, 4) is 0 Å². The number of carbonyl (C=O) groups excluding carboxylic acids is 1. The zero-order valence-corrected chi connectivity index (χ0v) is 11.6. The fraction of sp³-hybridized carbons (Fsp3) is 0.533. The predicted octanol–water partition coefficient (Wildman–Crippen LogP) is 5.00. The highest BCUT2D eigenvalue weighted by Crippen LogP contribution is 2.30. The number of unbranched alkanes of at least 4 members (excludes halogenated alkanes) is 4. The van der Waals surface area contributed by atoms with Gasteiger partial charge in [0.2, 0.25) is 5.91 Å². The molecule has 0 heterocycles. The van der Waals surface area contributed by atoms with E-state index in [1.165, 1.54) is 12.1 Å². The smallest absolute Gasteiger partial charge is 0.326 e. The third-order valence-corrected chi connectivity index (χ3v) is 2.98. The van der Waals surface area contributed by atoms with Gasteiger partial charge in [0.25, 0.3) is 0 Å². The summed E-state index contributed by atoms with van der Waals surface area (Å²) < 4.78 is 37.5. The van der Waals surface area contributed by atoms with Gasteiger partial charge in [-0.2, -0.15) is 13.2 Å². The van der Waals surface area contributed by atoms with Crippen LogP contribution in [0.4, 0.5) is 18.9 Å². The molecular formula is C15H20F3NO. The fourth-order valence-corrected chi connectivity index (χ4v) is 1.89. The van der Waals surface area contributed by atoms with E-state index in [1.807, 2.05) is 0 Å². The number of rotatable bonds is 7. The Kier molecular flexibility index (Phi) is 6.55. The van der Waals surface area contributed by atoms with Crippen LogP contribution in [0.1, 0.15) is 51.0 Å². The Bertz CT molecular complexity index is 429. The molecule has 0 saturated carbocycles. The van der Waals surface area contributed by atoms with Crippen molar-refractivity contribution < 1.29 is 18.0 Å². The highest BCUT2D eigenvalue weighted by atomic mass is 19.4. The summed E-state index contributed by atoms with van der Waals surface area (Å²) in [6.45, 7) is 2.11. The number of hydrogen-bond donors (Lipinski definition) is 1. The molecule has 1 aromatic rings. The lowest BCUT2D eigenvalue weighted by atomic mass is 10.1. The molecule has 0 atom stereocenters. The lowest BCUT2D eigenvalue weighted by molar-refractivity contribution is -0.137. The molecule has 5 heteroatoms. The standard InChI is InChI=1S/C15H20F3NO/c1-2-3-4-5-6-10-14(20)19-13-9-7-8-12(11-13)15(16,17)18/h7-9,11H,2-6,10H2,1H3,(H,19,20). The van der Waals surface area contributed by atoms with Gasteiger partial charge < -0.3 is 5.32 Å². The number of hydrogen-bond acceptors (Lipinski definition) is 1.